The predicted octanol–water partition coefficient (Wildman–Crippen LogP) is 8.01. The van der Waals surface area contributed by atoms with Gasteiger partial charge in [-0.15, -0.1) is 0 Å². The van der Waals surface area contributed by atoms with Crippen LogP contribution in [0.3, 0.4) is 0 Å². The number of aromatic amines is 1. The summed E-state index contributed by atoms with van der Waals surface area (Å²) in [5.74, 6) is 0.779. The van der Waals surface area contributed by atoms with Crippen LogP contribution < -0.4 is 15.4 Å². The molecule has 2 saturated heterocycles. The van der Waals surface area contributed by atoms with Gasteiger partial charge in [-0.2, -0.15) is 8.78 Å². The summed E-state index contributed by atoms with van der Waals surface area (Å²) >= 11 is 0. The summed E-state index contributed by atoms with van der Waals surface area (Å²) < 4.78 is 47.3. The van der Waals surface area contributed by atoms with Crippen molar-refractivity contribution in [2.75, 3.05) is 27.4 Å². The zero-order valence-corrected chi connectivity index (χ0v) is 37.5. The zero-order valence-electron chi connectivity index (χ0n) is 37.5. The van der Waals surface area contributed by atoms with E-state index >= 15 is 0 Å². The molecule has 4 aliphatic heterocycles. The molecule has 5 aromatic rings. The van der Waals surface area contributed by atoms with Gasteiger partial charge in [-0.1, -0.05) is 62.4 Å². The van der Waals surface area contributed by atoms with Crippen molar-refractivity contribution in [1.82, 2.24) is 30.4 Å². The first-order valence-corrected chi connectivity index (χ1v) is 22.6. The number of nitrogens with zero attached hydrogens (tertiary/aromatic N) is 4. The number of nitrogens with one attached hydrogen (secondary N) is 3. The molecule has 1 aromatic heterocycles. The number of rotatable bonds is 12. The van der Waals surface area contributed by atoms with Crippen LogP contribution in [-0.2, 0) is 36.8 Å². The van der Waals surface area contributed by atoms with E-state index in [1.165, 1.54) is 14.2 Å². The van der Waals surface area contributed by atoms with Gasteiger partial charge < -0.3 is 44.4 Å². The van der Waals surface area contributed by atoms with Crippen LogP contribution in [-0.4, -0.2) is 102 Å². The van der Waals surface area contributed by atoms with Crippen molar-refractivity contribution in [2.45, 2.75) is 83.0 Å². The molecule has 5 aliphatic rings. The molecule has 17 heteroatoms. The smallest absolute Gasteiger partial charge is 0.407 e. The Morgan fingerprint density at radius 1 is 0.896 bits per heavy atom. The Hall–Kier alpha value is -6.88. The maximum atomic E-state index is 14.4. The number of benzene rings is 4. The second kappa shape index (κ2) is 17.7. The number of methoxy groups -OCH3 is 2. The number of hydrogen-bond donors (Lipinski definition) is 3. The summed E-state index contributed by atoms with van der Waals surface area (Å²) in [5, 5.41) is 7.34. The summed E-state index contributed by atoms with van der Waals surface area (Å²) in [5.41, 5.74) is 7.75. The number of carbonyl (C=O) groups is 4. The average molecular weight is 916 g/mol. The van der Waals surface area contributed by atoms with Crippen LogP contribution in [0, 0.1) is 17.8 Å². The minimum Gasteiger partial charge on any atom is -0.488 e. The second-order valence-corrected chi connectivity index (χ2v) is 18.4. The third kappa shape index (κ3) is 8.34. The van der Waals surface area contributed by atoms with Gasteiger partial charge in [0.05, 0.1) is 50.5 Å². The monoisotopic (exact) mass is 915 g/mol. The summed E-state index contributed by atoms with van der Waals surface area (Å²) in [6.45, 7) is 1.09. The van der Waals surface area contributed by atoms with Gasteiger partial charge in [0.2, 0.25) is 11.8 Å². The van der Waals surface area contributed by atoms with Crippen molar-refractivity contribution in [1.29, 1.82) is 0 Å². The minimum atomic E-state index is -2.95. The van der Waals surface area contributed by atoms with Gasteiger partial charge in [0, 0.05) is 36.2 Å². The highest BCUT2D eigenvalue weighted by Gasteiger charge is 2.56. The number of carbonyl (C=O) groups excluding carboxylic acids is 4. The fourth-order valence-corrected chi connectivity index (χ4v) is 10.5. The van der Waals surface area contributed by atoms with Crippen molar-refractivity contribution >= 4 is 46.2 Å². The maximum absolute atomic E-state index is 14.4. The number of piperidine rings is 1. The molecule has 1 saturated carbocycles. The number of H-pyrrole nitrogens is 1. The molecule has 3 N–H and O–H groups in total. The van der Waals surface area contributed by atoms with Crippen molar-refractivity contribution in [3.8, 4) is 28.1 Å². The Morgan fingerprint density at radius 2 is 1.69 bits per heavy atom. The van der Waals surface area contributed by atoms with E-state index in [1.54, 1.807) is 41.4 Å². The predicted molar refractivity (Wildman–Crippen MR) is 243 cm³/mol. The first kappa shape index (κ1) is 44.0. The van der Waals surface area contributed by atoms with E-state index in [1.807, 2.05) is 36.9 Å². The number of fused-ring (bicyclic) bond motifs is 7. The summed E-state index contributed by atoms with van der Waals surface area (Å²) in [4.78, 5) is 69.8. The molecule has 0 spiro atoms. The molecule has 3 fully saturated rings. The van der Waals surface area contributed by atoms with E-state index in [9.17, 15) is 28.0 Å². The van der Waals surface area contributed by atoms with Crippen LogP contribution in [0.1, 0.15) is 67.7 Å². The standard InChI is InChI=1S/C50H51F2N7O8/c1-25(2)43(56-49(62)64-3)47(61)59-39-17-30(39)18-41(59)45-53-21-38(55-45)29-10-12-32-31(15-29)24-66-42-20-33-28(16-35(32)42)11-13-36-34(33)19-37(54-36)40-14-26(23-67-48(51)52)22-58(40)46(60)44(57-50(63)65-4)27-8-6-5-7-9-27/h5-13,15-16,20-21,25-26,30,39-41,43-44,48H,14,17-19,22-24H2,1-4H3,(H,53,55)(H,56,62)(H,57,63)/t26-,30?,39+,40-,41-,43-,44+/m0/s1. The molecular weight excluding hydrogens is 865 g/mol. The molecule has 5 heterocycles. The molecule has 348 valence electrons. The number of alkyl halides is 2. The molecule has 15 nitrogen and oxygen atoms in total. The van der Waals surface area contributed by atoms with Crippen molar-refractivity contribution in [3.63, 3.8) is 0 Å². The number of halogens is 2. The SMILES string of the molecule is COC(=O)N[C@H](C(=O)N1[C@@H]2CC2C[C@H]1c1ncc(-c2ccc3c(c2)COc2cc4c5c(ccc4cc2-3)N=C([C@@H]2C[C@H](COC(F)F)CN2C(=O)[C@H](NC(=O)OC)c2ccccc2)C5)[nH]1)C(C)C. The van der Waals surface area contributed by atoms with Crippen molar-refractivity contribution < 1.29 is 46.9 Å². The molecule has 10 rings (SSSR count). The van der Waals surface area contributed by atoms with Crippen LogP contribution in [0.15, 0.2) is 84.0 Å². The number of alkyl carbamates (subject to hydrolysis) is 2. The number of ether oxygens (including phenoxy) is 4. The maximum Gasteiger partial charge on any atom is 0.407 e. The van der Waals surface area contributed by atoms with E-state index in [0.717, 1.165) is 74.3 Å². The number of aliphatic imine (C=N–C) groups is 1. The fraction of sp³-hybridized carbons (Fsp3) is 0.400. The zero-order chi connectivity index (χ0) is 46.7. The van der Waals surface area contributed by atoms with Gasteiger partial charge in [0.25, 0.3) is 0 Å². The normalized spacial score (nSPS) is 22.0. The van der Waals surface area contributed by atoms with Gasteiger partial charge in [-0.25, -0.2) is 14.6 Å². The van der Waals surface area contributed by atoms with E-state index in [2.05, 4.69) is 39.9 Å². The van der Waals surface area contributed by atoms with Crippen molar-refractivity contribution in [2.24, 2.45) is 22.7 Å². The number of amides is 4. The molecule has 0 radical (unpaired) electrons. The van der Waals surface area contributed by atoms with Crippen LogP contribution in [0.2, 0.25) is 0 Å². The summed E-state index contributed by atoms with van der Waals surface area (Å²) in [6.07, 6.45) is 2.91. The third-order valence-electron chi connectivity index (χ3n) is 13.9. The molecule has 4 amide bonds. The Kier molecular flexibility index (Phi) is 11.6. The highest BCUT2D eigenvalue weighted by molar-refractivity contribution is 6.07. The number of imidazole rings is 1. The molecule has 67 heavy (non-hydrogen) atoms. The van der Waals surface area contributed by atoms with E-state index in [0.29, 0.717) is 36.8 Å². The first-order valence-electron chi connectivity index (χ1n) is 22.6. The van der Waals surface area contributed by atoms with E-state index < -0.39 is 48.7 Å². The average Bonchev–Trinajstić information content (AvgIpc) is 3.81. The van der Waals surface area contributed by atoms with E-state index in [4.69, 9.17) is 28.9 Å². The lowest BCUT2D eigenvalue weighted by Crippen LogP contribution is -2.52. The molecule has 1 unspecified atom stereocenters. The summed E-state index contributed by atoms with van der Waals surface area (Å²) in [6, 6.07) is 20.8. The quantitative estimate of drug-likeness (QED) is 0.112. The lowest BCUT2D eigenvalue weighted by Gasteiger charge is -2.31. The van der Waals surface area contributed by atoms with Crippen molar-refractivity contribution in [3.05, 3.63) is 102 Å². The molecule has 4 aromatic carbocycles. The Morgan fingerprint density at radius 3 is 2.45 bits per heavy atom. The number of aromatic nitrogens is 2. The molecule has 7 atom stereocenters. The molecule has 0 bridgehead atoms. The van der Waals surface area contributed by atoms with Crippen LogP contribution in [0.4, 0.5) is 24.1 Å². The molecular formula is C50H51F2N7O8. The number of hydrogen-bond acceptors (Lipinski definition) is 10. The summed E-state index contributed by atoms with van der Waals surface area (Å²) in [7, 11) is 2.51. The second-order valence-electron chi connectivity index (χ2n) is 18.4. The van der Waals surface area contributed by atoms with Crippen LogP contribution >= 0.6 is 0 Å². The van der Waals surface area contributed by atoms with Gasteiger partial charge >= 0.3 is 18.8 Å². The lowest BCUT2D eigenvalue weighted by molar-refractivity contribution is -0.139. The van der Waals surface area contributed by atoms with Crippen LogP contribution in [0.25, 0.3) is 33.2 Å². The fourth-order valence-electron chi connectivity index (χ4n) is 10.5. The highest BCUT2D eigenvalue weighted by Crippen LogP contribution is 2.54. The first-order chi connectivity index (χ1) is 32.4. The largest absolute Gasteiger partial charge is 0.488 e. The Bertz CT molecular complexity index is 2800. The van der Waals surface area contributed by atoms with Gasteiger partial charge in [-0.05, 0) is 94.0 Å². The van der Waals surface area contributed by atoms with Gasteiger partial charge in [0.1, 0.15) is 30.3 Å². The molecule has 1 aliphatic carbocycles. The van der Waals surface area contributed by atoms with Crippen LogP contribution in [0.5, 0.6) is 5.75 Å². The number of likely N-dealkylation sites (tertiary alicyclic amines) is 2. The Balaban J connectivity index is 0.887. The third-order valence-corrected chi connectivity index (χ3v) is 13.9. The van der Waals surface area contributed by atoms with E-state index in [-0.39, 0.29) is 37.1 Å². The highest BCUT2D eigenvalue weighted by atomic mass is 19.3. The van der Waals surface area contributed by atoms with Gasteiger partial charge in [-0.3, -0.25) is 14.6 Å². The van der Waals surface area contributed by atoms with Gasteiger partial charge in [0.15, 0.2) is 0 Å². The Labute approximate surface area is 385 Å². The topological polar surface area (TPSA) is 177 Å². The lowest BCUT2D eigenvalue weighted by atomic mass is 9.90. The minimum absolute atomic E-state index is 0.124.